The van der Waals surface area contributed by atoms with Crippen LogP contribution in [0.1, 0.15) is 56.0 Å². The molecule has 0 aliphatic heterocycles. The van der Waals surface area contributed by atoms with E-state index in [0.29, 0.717) is 6.04 Å². The van der Waals surface area contributed by atoms with E-state index >= 15 is 0 Å². The summed E-state index contributed by atoms with van der Waals surface area (Å²) < 4.78 is 5.03. The Bertz CT molecular complexity index is 462. The first-order valence-corrected chi connectivity index (χ1v) is 7.70. The molecule has 21 heavy (non-hydrogen) atoms. The normalized spacial score (nSPS) is 17.8. The molecule has 1 N–H and O–H groups in total. The highest BCUT2D eigenvalue weighted by Crippen LogP contribution is 2.21. The average Bonchev–Trinajstić information content (AvgIpc) is 2.88. The predicted molar refractivity (Wildman–Crippen MR) is 79.9 cm³/mol. The van der Waals surface area contributed by atoms with Crippen LogP contribution in [0, 0.1) is 0 Å². The van der Waals surface area contributed by atoms with Gasteiger partial charge in [0.2, 0.25) is 5.91 Å². The van der Waals surface area contributed by atoms with Crippen LogP contribution < -0.4 is 5.32 Å². The van der Waals surface area contributed by atoms with Crippen molar-refractivity contribution in [3.05, 3.63) is 24.2 Å². The van der Waals surface area contributed by atoms with Crippen LogP contribution in [0.15, 0.2) is 22.8 Å². The van der Waals surface area contributed by atoms with Gasteiger partial charge in [-0.25, -0.2) is 0 Å². The topological polar surface area (TPSA) is 62.6 Å². The summed E-state index contributed by atoms with van der Waals surface area (Å²) in [5, 5.41) is 2.69. The van der Waals surface area contributed by atoms with Crippen LogP contribution in [0.25, 0.3) is 0 Å². The quantitative estimate of drug-likeness (QED) is 0.868. The molecule has 2 amide bonds. The van der Waals surface area contributed by atoms with Gasteiger partial charge in [0.15, 0.2) is 5.76 Å². The number of amides is 2. The van der Waals surface area contributed by atoms with Crippen molar-refractivity contribution >= 4 is 11.8 Å². The van der Waals surface area contributed by atoms with Crippen molar-refractivity contribution in [1.82, 2.24) is 10.2 Å². The molecular formula is C16H24N2O3. The predicted octanol–water partition coefficient (Wildman–Crippen LogP) is 2.58. The van der Waals surface area contributed by atoms with Crippen LogP contribution in [-0.4, -0.2) is 35.8 Å². The summed E-state index contributed by atoms with van der Waals surface area (Å²) in [6.07, 6.45) is 8.42. The van der Waals surface area contributed by atoms with Crippen molar-refractivity contribution < 1.29 is 14.0 Å². The van der Waals surface area contributed by atoms with E-state index in [1.54, 1.807) is 24.0 Å². The van der Waals surface area contributed by atoms with E-state index in [4.69, 9.17) is 4.42 Å². The van der Waals surface area contributed by atoms with Gasteiger partial charge in [-0.05, 0) is 31.9 Å². The van der Waals surface area contributed by atoms with Crippen molar-refractivity contribution in [2.75, 3.05) is 7.05 Å². The lowest BCUT2D eigenvalue weighted by molar-refractivity contribution is -0.133. The van der Waals surface area contributed by atoms with Gasteiger partial charge in [0.25, 0.3) is 5.91 Å². The van der Waals surface area contributed by atoms with Gasteiger partial charge in [-0.2, -0.15) is 0 Å². The van der Waals surface area contributed by atoms with E-state index in [1.165, 1.54) is 31.9 Å². The van der Waals surface area contributed by atoms with Crippen LogP contribution in [0.4, 0.5) is 0 Å². The number of hydrogen-bond donors (Lipinski definition) is 1. The summed E-state index contributed by atoms with van der Waals surface area (Å²) in [4.78, 5) is 26.1. The Balaban J connectivity index is 1.90. The smallest absolute Gasteiger partial charge is 0.287 e. The molecule has 5 nitrogen and oxygen atoms in total. The van der Waals surface area contributed by atoms with E-state index < -0.39 is 6.04 Å². The van der Waals surface area contributed by atoms with Gasteiger partial charge in [-0.15, -0.1) is 0 Å². The fraction of sp³-hybridized carbons (Fsp3) is 0.625. The molecule has 1 saturated carbocycles. The summed E-state index contributed by atoms with van der Waals surface area (Å²) in [5.41, 5.74) is 0. The maximum atomic E-state index is 12.4. The molecule has 1 aliphatic rings. The number of nitrogens with zero attached hydrogens (tertiary/aromatic N) is 1. The van der Waals surface area contributed by atoms with Gasteiger partial charge < -0.3 is 14.6 Å². The summed E-state index contributed by atoms with van der Waals surface area (Å²) in [6.45, 7) is 1.72. The molecule has 1 aliphatic carbocycles. The average molecular weight is 292 g/mol. The first-order valence-electron chi connectivity index (χ1n) is 7.70. The zero-order valence-electron chi connectivity index (χ0n) is 12.8. The summed E-state index contributed by atoms with van der Waals surface area (Å²) in [7, 11) is 1.84. The lowest BCUT2D eigenvalue weighted by atomic mass is 10.1. The summed E-state index contributed by atoms with van der Waals surface area (Å²) >= 11 is 0. The van der Waals surface area contributed by atoms with Crippen LogP contribution in [0.3, 0.4) is 0 Å². The van der Waals surface area contributed by atoms with Gasteiger partial charge in [0, 0.05) is 13.1 Å². The van der Waals surface area contributed by atoms with Crippen molar-refractivity contribution in [1.29, 1.82) is 0 Å². The highest BCUT2D eigenvalue weighted by Gasteiger charge is 2.26. The third-order valence-electron chi connectivity index (χ3n) is 4.18. The van der Waals surface area contributed by atoms with Crippen molar-refractivity contribution in [3.8, 4) is 0 Å². The number of hydrogen-bond acceptors (Lipinski definition) is 3. The van der Waals surface area contributed by atoms with Gasteiger partial charge in [0.1, 0.15) is 6.04 Å². The van der Waals surface area contributed by atoms with Crippen LogP contribution >= 0.6 is 0 Å². The standard InChI is InChI=1S/C16H24N2O3/c1-12(17-15(19)14-10-7-11-21-14)16(20)18(2)13-8-5-3-4-6-9-13/h7,10-13H,3-6,8-9H2,1-2H3,(H,17,19)/t12-/m0/s1. The molecule has 0 bridgehead atoms. The number of likely N-dealkylation sites (N-methyl/N-ethyl adjacent to an activating group) is 1. The SMILES string of the molecule is C[C@H](NC(=O)c1ccco1)C(=O)N(C)C1CCCCCC1. The minimum absolute atomic E-state index is 0.0400. The number of carbonyl (C=O) groups is 2. The lowest BCUT2D eigenvalue weighted by Gasteiger charge is -2.29. The zero-order valence-corrected chi connectivity index (χ0v) is 12.8. The zero-order chi connectivity index (χ0) is 15.2. The Kier molecular flexibility index (Phi) is 5.42. The monoisotopic (exact) mass is 292 g/mol. The van der Waals surface area contributed by atoms with Gasteiger partial charge in [-0.3, -0.25) is 9.59 Å². The minimum atomic E-state index is -0.546. The number of carbonyl (C=O) groups excluding carboxylic acids is 2. The molecule has 1 atom stereocenters. The first-order chi connectivity index (χ1) is 10.1. The molecule has 1 aromatic rings. The Morgan fingerprint density at radius 3 is 2.52 bits per heavy atom. The molecular weight excluding hydrogens is 268 g/mol. The van der Waals surface area contributed by atoms with Crippen molar-refractivity contribution in [3.63, 3.8) is 0 Å². The number of rotatable bonds is 4. The lowest BCUT2D eigenvalue weighted by Crippen LogP contribution is -2.48. The fourth-order valence-corrected chi connectivity index (χ4v) is 2.87. The molecule has 0 spiro atoms. The Labute approximate surface area is 125 Å². The molecule has 1 aromatic heterocycles. The first kappa shape index (κ1) is 15.6. The fourth-order valence-electron chi connectivity index (χ4n) is 2.87. The third kappa shape index (κ3) is 4.09. The molecule has 0 aromatic carbocycles. The second-order valence-electron chi connectivity index (χ2n) is 5.77. The van der Waals surface area contributed by atoms with Gasteiger partial charge in [-0.1, -0.05) is 25.7 Å². The highest BCUT2D eigenvalue weighted by atomic mass is 16.3. The molecule has 1 fully saturated rings. The van der Waals surface area contributed by atoms with Gasteiger partial charge in [0.05, 0.1) is 6.26 Å². The molecule has 1 heterocycles. The molecule has 5 heteroatoms. The molecule has 2 rings (SSSR count). The van der Waals surface area contributed by atoms with E-state index in [9.17, 15) is 9.59 Å². The Morgan fingerprint density at radius 2 is 1.95 bits per heavy atom. The summed E-state index contributed by atoms with van der Waals surface area (Å²) in [6, 6.07) is 2.99. The summed E-state index contributed by atoms with van der Waals surface area (Å²) in [5.74, 6) is -0.163. The minimum Gasteiger partial charge on any atom is -0.459 e. The van der Waals surface area contributed by atoms with Crippen molar-refractivity contribution in [2.24, 2.45) is 0 Å². The van der Waals surface area contributed by atoms with E-state index in [-0.39, 0.29) is 17.6 Å². The second-order valence-corrected chi connectivity index (χ2v) is 5.77. The van der Waals surface area contributed by atoms with E-state index in [1.807, 2.05) is 7.05 Å². The number of nitrogens with one attached hydrogen (secondary N) is 1. The van der Waals surface area contributed by atoms with E-state index in [2.05, 4.69) is 5.32 Å². The largest absolute Gasteiger partial charge is 0.459 e. The molecule has 0 unspecified atom stereocenters. The molecule has 0 radical (unpaired) electrons. The molecule has 0 saturated heterocycles. The molecule has 116 valence electrons. The van der Waals surface area contributed by atoms with Crippen LogP contribution in [-0.2, 0) is 4.79 Å². The van der Waals surface area contributed by atoms with Gasteiger partial charge >= 0.3 is 0 Å². The van der Waals surface area contributed by atoms with Crippen LogP contribution in [0.2, 0.25) is 0 Å². The third-order valence-corrected chi connectivity index (χ3v) is 4.18. The second kappa shape index (κ2) is 7.29. The Hall–Kier alpha value is -1.78. The van der Waals surface area contributed by atoms with Crippen molar-refractivity contribution in [2.45, 2.75) is 57.5 Å². The van der Waals surface area contributed by atoms with Crippen LogP contribution in [0.5, 0.6) is 0 Å². The number of furan rings is 1. The highest BCUT2D eigenvalue weighted by molar-refractivity contribution is 5.95. The Morgan fingerprint density at radius 1 is 1.29 bits per heavy atom. The maximum Gasteiger partial charge on any atom is 0.287 e. The van der Waals surface area contributed by atoms with E-state index in [0.717, 1.165) is 12.8 Å². The maximum absolute atomic E-state index is 12.4.